The fourth-order valence-corrected chi connectivity index (χ4v) is 1.88. The molecule has 0 radical (unpaired) electrons. The van der Waals surface area contributed by atoms with Crippen molar-refractivity contribution in [3.8, 4) is 0 Å². The smallest absolute Gasteiger partial charge is 0.380 e. The second-order valence-electron chi connectivity index (χ2n) is 4.63. The van der Waals surface area contributed by atoms with E-state index in [9.17, 15) is 18.0 Å². The Hall–Kier alpha value is -2.83. The number of halogens is 3. The Morgan fingerprint density at radius 2 is 2.00 bits per heavy atom. The average molecular weight is 321 g/mol. The van der Waals surface area contributed by atoms with Crippen LogP contribution < -0.4 is 10.6 Å². The van der Waals surface area contributed by atoms with Gasteiger partial charge in [0.25, 0.3) is 5.91 Å². The van der Waals surface area contributed by atoms with Crippen molar-refractivity contribution in [3.63, 3.8) is 0 Å². The fraction of sp³-hybridized carbons (Fsp3) is 0.125. The van der Waals surface area contributed by atoms with Crippen LogP contribution in [0.15, 0.2) is 55.4 Å². The molecule has 0 saturated carbocycles. The zero-order valence-corrected chi connectivity index (χ0v) is 12.0. The summed E-state index contributed by atoms with van der Waals surface area (Å²) in [6, 6.07) is 6.30. The Morgan fingerprint density at radius 3 is 2.70 bits per heavy atom. The Labute approximate surface area is 131 Å². The lowest BCUT2D eigenvalue weighted by molar-refractivity contribution is -0.136. The SMILES string of the molecule is C=CCNc1cncc(C(=O)Nc2ccccc2C(F)(F)F)c1. The molecule has 1 heterocycles. The molecule has 1 aromatic heterocycles. The highest BCUT2D eigenvalue weighted by molar-refractivity contribution is 6.05. The van der Waals surface area contributed by atoms with Gasteiger partial charge >= 0.3 is 6.18 Å². The number of aromatic nitrogens is 1. The third kappa shape index (κ3) is 4.32. The molecular weight excluding hydrogens is 307 g/mol. The summed E-state index contributed by atoms with van der Waals surface area (Å²) in [6.07, 6.45) is -0.129. The topological polar surface area (TPSA) is 54.0 Å². The quantitative estimate of drug-likeness (QED) is 0.820. The molecule has 0 aliphatic rings. The summed E-state index contributed by atoms with van der Waals surface area (Å²) in [4.78, 5) is 16.0. The van der Waals surface area contributed by atoms with E-state index in [1.807, 2.05) is 0 Å². The van der Waals surface area contributed by atoms with E-state index in [-0.39, 0.29) is 11.3 Å². The van der Waals surface area contributed by atoms with Crippen molar-refractivity contribution in [2.45, 2.75) is 6.18 Å². The van der Waals surface area contributed by atoms with Crippen molar-refractivity contribution in [3.05, 3.63) is 66.5 Å². The van der Waals surface area contributed by atoms with Crippen molar-refractivity contribution < 1.29 is 18.0 Å². The number of hydrogen-bond acceptors (Lipinski definition) is 3. The van der Waals surface area contributed by atoms with Crippen molar-refractivity contribution in [1.29, 1.82) is 0 Å². The van der Waals surface area contributed by atoms with Gasteiger partial charge in [0.2, 0.25) is 0 Å². The molecule has 2 rings (SSSR count). The van der Waals surface area contributed by atoms with Crippen LogP contribution >= 0.6 is 0 Å². The number of rotatable bonds is 5. The van der Waals surface area contributed by atoms with Crippen LogP contribution in [0.2, 0.25) is 0 Å². The highest BCUT2D eigenvalue weighted by Gasteiger charge is 2.33. The molecule has 0 spiro atoms. The van der Waals surface area contributed by atoms with Gasteiger partial charge in [-0.3, -0.25) is 9.78 Å². The Balaban J connectivity index is 2.21. The summed E-state index contributed by atoms with van der Waals surface area (Å²) in [5, 5.41) is 5.22. The number of benzene rings is 1. The van der Waals surface area contributed by atoms with Gasteiger partial charge < -0.3 is 10.6 Å². The van der Waals surface area contributed by atoms with Gasteiger partial charge in [-0.1, -0.05) is 18.2 Å². The molecule has 120 valence electrons. The second kappa shape index (κ2) is 6.95. The lowest BCUT2D eigenvalue weighted by atomic mass is 10.1. The molecule has 1 aromatic carbocycles. The van der Waals surface area contributed by atoms with Crippen LogP contribution in [0.5, 0.6) is 0 Å². The summed E-state index contributed by atoms with van der Waals surface area (Å²) in [7, 11) is 0. The zero-order valence-electron chi connectivity index (χ0n) is 12.0. The van der Waals surface area contributed by atoms with Gasteiger partial charge in [0.1, 0.15) is 0 Å². The molecule has 0 bridgehead atoms. The van der Waals surface area contributed by atoms with Gasteiger partial charge in [0.15, 0.2) is 0 Å². The number of pyridine rings is 1. The predicted octanol–water partition coefficient (Wildman–Crippen LogP) is 3.95. The molecule has 1 amide bonds. The number of carbonyl (C=O) groups is 1. The highest BCUT2D eigenvalue weighted by atomic mass is 19.4. The summed E-state index contributed by atoms with van der Waals surface area (Å²) in [5.74, 6) is -0.670. The van der Waals surface area contributed by atoms with Crippen molar-refractivity contribution in [1.82, 2.24) is 4.98 Å². The van der Waals surface area contributed by atoms with Crippen LogP contribution in [-0.2, 0) is 6.18 Å². The molecule has 7 heteroatoms. The van der Waals surface area contributed by atoms with E-state index in [0.29, 0.717) is 12.2 Å². The lowest BCUT2D eigenvalue weighted by Crippen LogP contribution is -2.17. The van der Waals surface area contributed by atoms with Gasteiger partial charge in [-0.25, -0.2) is 0 Å². The zero-order chi connectivity index (χ0) is 16.9. The first-order chi connectivity index (χ1) is 10.9. The normalized spacial score (nSPS) is 10.9. The van der Waals surface area contributed by atoms with Crippen LogP contribution in [-0.4, -0.2) is 17.4 Å². The average Bonchev–Trinajstić information content (AvgIpc) is 2.52. The van der Waals surface area contributed by atoms with Crippen LogP contribution in [0, 0.1) is 0 Å². The van der Waals surface area contributed by atoms with Crippen molar-refractivity contribution in [2.75, 3.05) is 17.2 Å². The molecule has 0 saturated heterocycles. The number of nitrogens with zero attached hydrogens (tertiary/aromatic N) is 1. The molecule has 23 heavy (non-hydrogen) atoms. The molecular formula is C16H14F3N3O. The van der Waals surface area contributed by atoms with E-state index < -0.39 is 17.6 Å². The van der Waals surface area contributed by atoms with Crippen LogP contribution in [0.1, 0.15) is 15.9 Å². The Kier molecular flexibility index (Phi) is 5.00. The fourth-order valence-electron chi connectivity index (χ4n) is 1.88. The molecule has 0 fully saturated rings. The summed E-state index contributed by atoms with van der Waals surface area (Å²) >= 11 is 0. The number of para-hydroxylation sites is 1. The number of nitrogens with one attached hydrogen (secondary N) is 2. The largest absolute Gasteiger partial charge is 0.418 e. The molecule has 0 aliphatic heterocycles. The van der Waals surface area contributed by atoms with Crippen LogP contribution in [0.25, 0.3) is 0 Å². The first kappa shape index (κ1) is 16.5. The minimum Gasteiger partial charge on any atom is -0.380 e. The van der Waals surface area contributed by atoms with Crippen molar-refractivity contribution >= 4 is 17.3 Å². The maximum atomic E-state index is 12.9. The summed E-state index contributed by atoms with van der Waals surface area (Å²) in [5.41, 5.74) is -0.477. The second-order valence-corrected chi connectivity index (χ2v) is 4.63. The number of hydrogen-bond donors (Lipinski definition) is 2. The van der Waals surface area contributed by atoms with E-state index in [1.165, 1.54) is 36.7 Å². The monoisotopic (exact) mass is 321 g/mol. The third-order valence-corrected chi connectivity index (χ3v) is 2.93. The predicted molar refractivity (Wildman–Crippen MR) is 82.3 cm³/mol. The maximum absolute atomic E-state index is 12.9. The Morgan fingerprint density at radius 1 is 1.26 bits per heavy atom. The molecule has 2 N–H and O–H groups in total. The number of carbonyl (C=O) groups excluding carboxylic acids is 1. The van der Waals surface area contributed by atoms with E-state index in [0.717, 1.165) is 6.07 Å². The maximum Gasteiger partial charge on any atom is 0.418 e. The molecule has 4 nitrogen and oxygen atoms in total. The van der Waals surface area contributed by atoms with E-state index >= 15 is 0 Å². The minimum atomic E-state index is -4.55. The molecule has 0 atom stereocenters. The van der Waals surface area contributed by atoms with Gasteiger partial charge in [-0.2, -0.15) is 13.2 Å². The third-order valence-electron chi connectivity index (χ3n) is 2.93. The summed E-state index contributed by atoms with van der Waals surface area (Å²) in [6.45, 7) is 4.03. The number of alkyl halides is 3. The molecule has 0 aliphatic carbocycles. The summed E-state index contributed by atoms with van der Waals surface area (Å²) < 4.78 is 38.8. The van der Waals surface area contributed by atoms with E-state index in [1.54, 1.807) is 6.08 Å². The van der Waals surface area contributed by atoms with Crippen molar-refractivity contribution in [2.24, 2.45) is 0 Å². The molecule has 2 aromatic rings. The van der Waals surface area contributed by atoms with Crippen LogP contribution in [0.4, 0.5) is 24.5 Å². The minimum absolute atomic E-state index is 0.149. The highest BCUT2D eigenvalue weighted by Crippen LogP contribution is 2.34. The van der Waals surface area contributed by atoms with E-state index in [2.05, 4.69) is 22.2 Å². The van der Waals surface area contributed by atoms with Crippen LogP contribution in [0.3, 0.4) is 0 Å². The van der Waals surface area contributed by atoms with E-state index in [4.69, 9.17) is 0 Å². The first-order valence-electron chi connectivity index (χ1n) is 6.69. The standard InChI is InChI=1S/C16H14F3N3O/c1-2-7-21-12-8-11(9-20-10-12)15(23)22-14-6-4-3-5-13(14)16(17,18)19/h2-6,8-10,21H,1,7H2,(H,22,23). The number of anilines is 2. The van der Waals surface area contributed by atoms with Gasteiger partial charge in [0, 0.05) is 18.9 Å². The lowest BCUT2D eigenvalue weighted by Gasteiger charge is -2.13. The van der Waals surface area contributed by atoms with Gasteiger partial charge in [-0.05, 0) is 18.2 Å². The Bertz CT molecular complexity index is 714. The van der Waals surface area contributed by atoms with Gasteiger partial charge in [-0.15, -0.1) is 6.58 Å². The molecule has 0 unspecified atom stereocenters. The number of amides is 1. The first-order valence-corrected chi connectivity index (χ1v) is 6.69. The van der Waals surface area contributed by atoms with Gasteiger partial charge in [0.05, 0.1) is 22.5 Å².